The normalized spacial score (nSPS) is 16.7. The van der Waals surface area contributed by atoms with Crippen LogP contribution in [-0.4, -0.2) is 26.7 Å². The maximum atomic E-state index is 6.00. The minimum absolute atomic E-state index is 0.162. The maximum Gasteiger partial charge on any atom is 0.258 e. The van der Waals surface area contributed by atoms with Crippen LogP contribution in [0.4, 0.5) is 0 Å². The van der Waals surface area contributed by atoms with Gasteiger partial charge in [0, 0.05) is 22.8 Å². The van der Waals surface area contributed by atoms with E-state index in [4.69, 9.17) is 33.3 Å². The molecule has 2 heterocycles. The quantitative estimate of drug-likeness (QED) is 0.520. The van der Waals surface area contributed by atoms with Crippen molar-refractivity contribution in [2.75, 3.05) is 6.54 Å². The van der Waals surface area contributed by atoms with E-state index in [0.717, 1.165) is 35.4 Å². The van der Waals surface area contributed by atoms with Crippen LogP contribution in [0.2, 0.25) is 5.02 Å². The standard InChI is InChI=1S/C23H23ClN4OS/c1-4-15-6-8-16(9-7-15)20-19(14(3)28(5-2)23(30)25-20)22-26-21(27-29-22)17-10-12-18(24)13-11-17/h6-13,20H,4-5H2,1-3H3,(H,25,30). The molecule has 5 nitrogen and oxygen atoms in total. The Bertz CT molecular complexity index is 1090. The van der Waals surface area contributed by atoms with E-state index in [1.165, 1.54) is 5.56 Å². The predicted molar refractivity (Wildman–Crippen MR) is 124 cm³/mol. The molecular weight excluding hydrogens is 416 g/mol. The summed E-state index contributed by atoms with van der Waals surface area (Å²) in [5, 5.41) is 9.03. The number of nitrogens with zero attached hydrogens (tertiary/aromatic N) is 3. The minimum atomic E-state index is -0.162. The van der Waals surface area contributed by atoms with Crippen LogP contribution < -0.4 is 5.32 Å². The smallest absolute Gasteiger partial charge is 0.258 e. The van der Waals surface area contributed by atoms with E-state index in [9.17, 15) is 0 Å². The zero-order valence-electron chi connectivity index (χ0n) is 17.1. The SMILES string of the molecule is CCc1ccc(C2NC(=S)N(CC)C(C)=C2c2nc(-c3ccc(Cl)cc3)no2)cc1. The van der Waals surface area contributed by atoms with Crippen molar-refractivity contribution in [3.63, 3.8) is 0 Å². The lowest BCUT2D eigenvalue weighted by molar-refractivity contribution is 0.398. The summed E-state index contributed by atoms with van der Waals surface area (Å²) >= 11 is 11.6. The van der Waals surface area contributed by atoms with Gasteiger partial charge in [-0.3, -0.25) is 0 Å². The Morgan fingerprint density at radius 1 is 1.10 bits per heavy atom. The summed E-state index contributed by atoms with van der Waals surface area (Å²) in [7, 11) is 0. The van der Waals surface area contributed by atoms with Crippen molar-refractivity contribution in [2.24, 2.45) is 0 Å². The third-order valence-electron chi connectivity index (χ3n) is 5.39. The van der Waals surface area contributed by atoms with Crippen molar-refractivity contribution in [1.29, 1.82) is 0 Å². The summed E-state index contributed by atoms with van der Waals surface area (Å²) in [6.07, 6.45) is 0.996. The predicted octanol–water partition coefficient (Wildman–Crippen LogP) is 5.63. The third-order valence-corrected chi connectivity index (χ3v) is 5.98. The Kier molecular flexibility index (Phi) is 5.88. The molecule has 1 aliphatic rings. The molecule has 3 aromatic rings. The third kappa shape index (κ3) is 3.85. The summed E-state index contributed by atoms with van der Waals surface area (Å²) in [5.74, 6) is 1.01. The van der Waals surface area contributed by atoms with Gasteiger partial charge in [-0.2, -0.15) is 4.98 Å². The van der Waals surface area contributed by atoms with Gasteiger partial charge in [0.05, 0.1) is 11.6 Å². The highest BCUT2D eigenvalue weighted by Crippen LogP contribution is 2.37. The van der Waals surface area contributed by atoms with Crippen molar-refractivity contribution in [3.8, 4) is 11.4 Å². The second-order valence-corrected chi connectivity index (χ2v) is 7.97. The highest BCUT2D eigenvalue weighted by molar-refractivity contribution is 7.80. The van der Waals surface area contributed by atoms with Gasteiger partial charge in [-0.25, -0.2) is 0 Å². The van der Waals surface area contributed by atoms with Crippen molar-refractivity contribution >= 4 is 34.5 Å². The molecule has 0 radical (unpaired) electrons. The molecule has 1 N–H and O–H groups in total. The summed E-state index contributed by atoms with van der Waals surface area (Å²) in [5.41, 5.74) is 5.19. The van der Waals surface area contributed by atoms with Crippen LogP contribution in [-0.2, 0) is 6.42 Å². The Morgan fingerprint density at radius 3 is 2.43 bits per heavy atom. The fourth-order valence-corrected chi connectivity index (χ4v) is 4.19. The van der Waals surface area contributed by atoms with Gasteiger partial charge in [0.1, 0.15) is 0 Å². The number of allylic oxidation sites excluding steroid dienone is 1. The van der Waals surface area contributed by atoms with Gasteiger partial charge in [0.2, 0.25) is 5.82 Å². The average molecular weight is 439 g/mol. The average Bonchev–Trinajstić information content (AvgIpc) is 3.24. The molecule has 0 bridgehead atoms. The van der Waals surface area contributed by atoms with Crippen LogP contribution in [0.1, 0.15) is 43.8 Å². The van der Waals surface area contributed by atoms with Crippen LogP contribution in [0.25, 0.3) is 17.0 Å². The molecule has 1 atom stereocenters. The molecule has 0 amide bonds. The molecule has 4 rings (SSSR count). The Labute approximate surface area is 186 Å². The van der Waals surface area contributed by atoms with Gasteiger partial charge < -0.3 is 14.7 Å². The van der Waals surface area contributed by atoms with Crippen LogP contribution in [0.15, 0.2) is 58.8 Å². The molecule has 1 aromatic heterocycles. The Hall–Kier alpha value is -2.70. The van der Waals surface area contributed by atoms with Gasteiger partial charge in [-0.15, -0.1) is 0 Å². The van der Waals surface area contributed by atoms with Crippen LogP contribution in [0, 0.1) is 0 Å². The topological polar surface area (TPSA) is 54.2 Å². The first kappa shape index (κ1) is 20.6. The number of aromatic nitrogens is 2. The van der Waals surface area contributed by atoms with Gasteiger partial charge in [-0.1, -0.05) is 47.9 Å². The molecule has 0 saturated heterocycles. The van der Waals surface area contributed by atoms with E-state index >= 15 is 0 Å². The molecule has 0 spiro atoms. The molecule has 2 aromatic carbocycles. The van der Waals surface area contributed by atoms with Crippen molar-refractivity contribution < 1.29 is 4.52 Å². The second-order valence-electron chi connectivity index (χ2n) is 7.15. The number of aryl methyl sites for hydroxylation is 1. The molecule has 7 heteroatoms. The van der Waals surface area contributed by atoms with Gasteiger partial charge in [0.15, 0.2) is 5.11 Å². The number of benzene rings is 2. The Morgan fingerprint density at radius 2 is 1.80 bits per heavy atom. The number of hydrogen-bond acceptors (Lipinski definition) is 4. The van der Waals surface area contributed by atoms with E-state index < -0.39 is 0 Å². The number of thiocarbonyl (C=S) groups is 1. The highest BCUT2D eigenvalue weighted by atomic mass is 35.5. The molecule has 30 heavy (non-hydrogen) atoms. The minimum Gasteiger partial charge on any atom is -0.351 e. The van der Waals surface area contributed by atoms with Gasteiger partial charge in [0.25, 0.3) is 5.89 Å². The first-order chi connectivity index (χ1) is 14.5. The van der Waals surface area contributed by atoms with E-state index in [2.05, 4.69) is 48.6 Å². The maximum absolute atomic E-state index is 6.00. The van der Waals surface area contributed by atoms with Crippen LogP contribution in [0.3, 0.4) is 0 Å². The monoisotopic (exact) mass is 438 g/mol. The molecule has 0 aliphatic carbocycles. The number of nitrogens with one attached hydrogen (secondary N) is 1. The van der Waals surface area contributed by atoms with Crippen molar-refractivity contribution in [2.45, 2.75) is 33.2 Å². The second kappa shape index (κ2) is 8.58. The van der Waals surface area contributed by atoms with E-state index in [0.29, 0.717) is 21.9 Å². The van der Waals surface area contributed by atoms with Crippen molar-refractivity contribution in [1.82, 2.24) is 20.4 Å². The van der Waals surface area contributed by atoms with E-state index in [1.54, 1.807) is 0 Å². The summed E-state index contributed by atoms with van der Waals surface area (Å²) in [4.78, 5) is 6.75. The molecule has 0 saturated carbocycles. The number of hydrogen-bond donors (Lipinski definition) is 1. The van der Waals surface area contributed by atoms with Gasteiger partial charge >= 0.3 is 0 Å². The summed E-state index contributed by atoms with van der Waals surface area (Å²) < 4.78 is 5.72. The first-order valence-corrected chi connectivity index (χ1v) is 10.8. The zero-order chi connectivity index (χ0) is 21.3. The van der Waals surface area contributed by atoms with Crippen LogP contribution in [0.5, 0.6) is 0 Å². The lowest BCUT2D eigenvalue weighted by Crippen LogP contribution is -2.45. The van der Waals surface area contributed by atoms with E-state index in [1.807, 2.05) is 36.1 Å². The number of rotatable bonds is 5. The summed E-state index contributed by atoms with van der Waals surface area (Å²) in [6, 6.07) is 15.8. The lowest BCUT2D eigenvalue weighted by atomic mass is 9.94. The summed E-state index contributed by atoms with van der Waals surface area (Å²) in [6.45, 7) is 7.01. The Balaban J connectivity index is 1.79. The lowest BCUT2D eigenvalue weighted by Gasteiger charge is -2.36. The first-order valence-electron chi connectivity index (χ1n) is 9.99. The molecular formula is C23H23ClN4OS. The number of halogens is 1. The fourth-order valence-electron chi connectivity index (χ4n) is 3.68. The van der Waals surface area contributed by atoms with E-state index in [-0.39, 0.29) is 6.04 Å². The molecule has 0 fully saturated rings. The molecule has 154 valence electrons. The fraction of sp³-hybridized carbons (Fsp3) is 0.261. The van der Waals surface area contributed by atoms with Crippen molar-refractivity contribution in [3.05, 3.63) is 76.3 Å². The van der Waals surface area contributed by atoms with Gasteiger partial charge in [-0.05, 0) is 67.9 Å². The van der Waals surface area contributed by atoms with Crippen LogP contribution >= 0.6 is 23.8 Å². The molecule has 1 unspecified atom stereocenters. The highest BCUT2D eigenvalue weighted by Gasteiger charge is 2.33. The largest absolute Gasteiger partial charge is 0.351 e. The molecule has 1 aliphatic heterocycles. The zero-order valence-corrected chi connectivity index (χ0v) is 18.7.